The number of quaternary nitrogens is 1. The van der Waals surface area contributed by atoms with Crippen molar-refractivity contribution in [3.63, 3.8) is 0 Å². The van der Waals surface area contributed by atoms with Crippen molar-refractivity contribution in [2.24, 2.45) is 11.8 Å². The predicted molar refractivity (Wildman–Crippen MR) is 142 cm³/mol. The van der Waals surface area contributed by atoms with Crippen LogP contribution in [0.25, 0.3) is 11.3 Å². The Balaban J connectivity index is 0.000000106. The molecule has 198 valence electrons. The molecule has 2 aliphatic heterocycles. The molecule has 4 atom stereocenters. The summed E-state index contributed by atoms with van der Waals surface area (Å²) >= 11 is 3.33. The number of fused-ring (bicyclic) bond motifs is 3. The predicted octanol–water partition coefficient (Wildman–Crippen LogP) is 3.24. The minimum Gasteiger partial charge on any atom is -0.600 e. The van der Waals surface area contributed by atoms with Crippen molar-refractivity contribution in [3.8, 4) is 0 Å². The molecule has 4 fully saturated rings. The Labute approximate surface area is 227 Å². The van der Waals surface area contributed by atoms with E-state index in [4.69, 9.17) is 9.31 Å². The number of pyridine rings is 2. The van der Waals surface area contributed by atoms with Gasteiger partial charge in [0.2, 0.25) is 0 Å². The Morgan fingerprint density at radius 3 is 2.00 bits per heavy atom. The molecule has 4 aromatic heterocycles. The fourth-order valence-electron chi connectivity index (χ4n) is 5.84. The number of hydrogen-bond donors (Lipinski definition) is 0. The molecule has 13 heteroatoms. The van der Waals surface area contributed by atoms with E-state index in [1.54, 1.807) is 10.8 Å². The molecule has 0 N–H and O–H groups in total. The van der Waals surface area contributed by atoms with Gasteiger partial charge in [0.25, 0.3) is 0 Å². The van der Waals surface area contributed by atoms with Gasteiger partial charge in [0.1, 0.15) is 25.7 Å². The lowest BCUT2D eigenvalue weighted by molar-refractivity contribution is -0.794. The molecule has 0 unspecified atom stereocenters. The van der Waals surface area contributed by atoms with Crippen molar-refractivity contribution in [3.05, 3.63) is 59.3 Å². The van der Waals surface area contributed by atoms with E-state index in [1.807, 2.05) is 36.0 Å². The van der Waals surface area contributed by atoms with Gasteiger partial charge in [-0.05, 0) is 63.8 Å². The number of hydrogen-bond acceptors (Lipinski definition) is 8. The highest BCUT2D eigenvalue weighted by Crippen LogP contribution is 2.57. The lowest BCUT2D eigenvalue weighted by Gasteiger charge is -2.40. The molecule has 0 radical (unpaired) electrons. The smallest absolute Gasteiger partial charge is 0.587 e. The van der Waals surface area contributed by atoms with E-state index < -0.39 is 6.69 Å². The molecule has 2 saturated carbocycles. The van der Waals surface area contributed by atoms with Crippen molar-refractivity contribution >= 4 is 45.8 Å². The van der Waals surface area contributed by atoms with E-state index in [-0.39, 0.29) is 30.8 Å². The van der Waals surface area contributed by atoms with Crippen LogP contribution in [0, 0.1) is 11.8 Å². The maximum Gasteiger partial charge on any atom is 0.587 e. The van der Waals surface area contributed by atoms with Crippen molar-refractivity contribution in [1.29, 1.82) is 0 Å². The van der Waals surface area contributed by atoms with Gasteiger partial charge in [0, 0.05) is 23.9 Å². The molecule has 2 saturated heterocycles. The van der Waals surface area contributed by atoms with Crippen LogP contribution in [0.5, 0.6) is 0 Å². The number of halogens is 1. The second-order valence-electron chi connectivity index (χ2n) is 11.1. The molecule has 4 aliphatic rings. The molecule has 0 aromatic carbocycles. The van der Waals surface area contributed by atoms with Crippen LogP contribution >= 0.6 is 15.9 Å². The van der Waals surface area contributed by atoms with E-state index in [1.165, 1.54) is 18.3 Å². The molecule has 0 amide bonds. The van der Waals surface area contributed by atoms with Gasteiger partial charge >= 0.3 is 18.6 Å². The zero-order valence-corrected chi connectivity index (χ0v) is 23.1. The van der Waals surface area contributed by atoms with Crippen molar-refractivity contribution in [2.75, 3.05) is 20.1 Å². The Morgan fingerprint density at radius 1 is 0.895 bits per heavy atom. The van der Waals surface area contributed by atoms with Crippen LogP contribution in [0.3, 0.4) is 0 Å². The van der Waals surface area contributed by atoms with Crippen molar-refractivity contribution < 1.29 is 23.3 Å². The van der Waals surface area contributed by atoms with Crippen LogP contribution < -0.4 is 0 Å². The Hall–Kier alpha value is -3.32. The third kappa shape index (κ3) is 4.47. The summed E-state index contributed by atoms with van der Waals surface area (Å²) in [5, 5.41) is 8.08. The van der Waals surface area contributed by atoms with E-state index in [9.17, 15) is 9.59 Å². The second-order valence-corrected chi connectivity index (χ2v) is 12.1. The zero-order chi connectivity index (χ0) is 26.7. The maximum atomic E-state index is 11.4. The van der Waals surface area contributed by atoms with Crippen molar-refractivity contribution in [2.45, 2.75) is 38.4 Å². The van der Waals surface area contributed by atoms with Gasteiger partial charge in [0.05, 0.1) is 0 Å². The number of carbonyl (C=O) groups is 2. The Morgan fingerprint density at radius 2 is 1.45 bits per heavy atom. The average molecular weight is 582 g/mol. The summed E-state index contributed by atoms with van der Waals surface area (Å²) in [6.07, 6.45) is 9.39. The van der Waals surface area contributed by atoms with E-state index in [0.717, 1.165) is 34.0 Å². The van der Waals surface area contributed by atoms with Gasteiger partial charge in [0.15, 0.2) is 11.3 Å². The molecule has 11 nitrogen and oxygen atoms in total. The highest BCUT2D eigenvalue weighted by Gasteiger charge is 2.73. The third-order valence-electron chi connectivity index (χ3n) is 8.24. The second kappa shape index (κ2) is 9.16. The minimum absolute atomic E-state index is 0.232. The first-order valence-electron chi connectivity index (χ1n) is 12.8. The number of nitrogens with zero attached hydrogens (tertiary/aromatic N) is 7. The van der Waals surface area contributed by atoms with Crippen LogP contribution in [0.2, 0.25) is 5.82 Å². The number of rotatable bonds is 2. The first-order chi connectivity index (χ1) is 18.2. The lowest BCUT2D eigenvalue weighted by atomic mass is 9.61. The fraction of sp³-hybridized carbons (Fsp3) is 0.440. The SMILES string of the molecule is Brc1ccc2ncnn2c1.C[C@@H]1C[C@H]1[B-]12OC(=O)C[N+]1(C)CC(=O)O2.C[C@@H]1C[C@H]1c1ccc2ncnn2c1. The number of likely N-dealkylation sites (N-methyl/N-ethyl adjacent to an activating group) is 1. The molecule has 0 bridgehead atoms. The Bertz CT molecular complexity index is 1520. The van der Waals surface area contributed by atoms with Crippen molar-refractivity contribution in [1.82, 2.24) is 29.2 Å². The Kier molecular flexibility index (Phi) is 6.02. The quantitative estimate of drug-likeness (QED) is 0.332. The van der Waals surface area contributed by atoms with Crippen LogP contribution in [0.15, 0.2) is 53.8 Å². The molecule has 38 heavy (non-hydrogen) atoms. The molecule has 2 aliphatic carbocycles. The topological polar surface area (TPSA) is 113 Å². The summed E-state index contributed by atoms with van der Waals surface area (Å²) in [5.41, 5.74) is 3.19. The normalized spacial score (nSPS) is 32.5. The number of aromatic nitrogens is 6. The van der Waals surface area contributed by atoms with E-state index in [0.29, 0.717) is 10.3 Å². The molecule has 4 aromatic rings. The van der Waals surface area contributed by atoms with Gasteiger partial charge in [-0.2, -0.15) is 10.2 Å². The zero-order valence-electron chi connectivity index (χ0n) is 21.5. The largest absolute Gasteiger partial charge is 0.600 e. The van der Waals surface area contributed by atoms with E-state index in [2.05, 4.69) is 62.2 Å². The standard InChI is InChI=1S/C10H11N3.C9H14BNO4.C6H4BrN3/c1-7-4-9(7)8-2-3-10-11-6-12-13(10)5-8;1-6-3-7(6)10-11(2,4-8(12)14-10)5-9(13)15-10;7-5-1-2-6-8-4-9-10(6)3-5/h2-3,5-7,9H,4H2,1H3;6-7H,3-5H2,1-2H3;1-4H/t7-,9-;6-,7-,10?,11?;/m11./s1. The maximum absolute atomic E-state index is 11.4. The molecule has 0 spiro atoms. The van der Waals surface area contributed by atoms with Gasteiger partial charge in [-0.15, -0.1) is 0 Å². The summed E-state index contributed by atoms with van der Waals surface area (Å²) in [6.45, 7) is 3.20. The number of carbonyl (C=O) groups excluding carboxylic acids is 2. The van der Waals surface area contributed by atoms with Gasteiger partial charge in [-0.3, -0.25) is 9.59 Å². The molecular weight excluding hydrogens is 553 g/mol. The molecular formula is C25H29BBrN7O4. The van der Waals surface area contributed by atoms with Crippen LogP contribution in [-0.2, 0) is 18.9 Å². The summed E-state index contributed by atoms with van der Waals surface area (Å²) < 4.78 is 15.7. The minimum atomic E-state index is -1.73. The van der Waals surface area contributed by atoms with Gasteiger partial charge in [-0.25, -0.2) is 19.0 Å². The fourth-order valence-corrected chi connectivity index (χ4v) is 6.16. The monoisotopic (exact) mass is 581 g/mol. The van der Waals surface area contributed by atoms with E-state index >= 15 is 0 Å². The highest BCUT2D eigenvalue weighted by atomic mass is 79.9. The molecule has 8 rings (SSSR count). The first kappa shape index (κ1) is 25.0. The average Bonchev–Trinajstić information content (AvgIpc) is 3.52. The molecule has 6 heterocycles. The first-order valence-corrected chi connectivity index (χ1v) is 13.6. The summed E-state index contributed by atoms with van der Waals surface area (Å²) in [4.78, 5) is 30.9. The van der Waals surface area contributed by atoms with Crippen LogP contribution in [0.4, 0.5) is 0 Å². The van der Waals surface area contributed by atoms with Crippen LogP contribution in [-0.4, -0.2) is 72.4 Å². The van der Waals surface area contributed by atoms with Gasteiger partial charge < -0.3 is 13.7 Å². The van der Waals surface area contributed by atoms with Crippen LogP contribution in [0.1, 0.15) is 38.2 Å². The van der Waals surface area contributed by atoms with Gasteiger partial charge in [-0.1, -0.05) is 32.3 Å². The third-order valence-corrected chi connectivity index (χ3v) is 8.70. The summed E-state index contributed by atoms with van der Waals surface area (Å²) in [7, 11) is 1.89. The lowest BCUT2D eigenvalue weighted by Crippen LogP contribution is -2.60. The highest BCUT2D eigenvalue weighted by molar-refractivity contribution is 9.10. The summed E-state index contributed by atoms with van der Waals surface area (Å²) in [5.74, 6) is 1.88. The summed E-state index contributed by atoms with van der Waals surface area (Å²) in [6, 6.07) is 8.03.